The van der Waals surface area contributed by atoms with Gasteiger partial charge in [-0.15, -0.1) is 0 Å². The van der Waals surface area contributed by atoms with Crippen LogP contribution in [0.25, 0.3) is 0 Å². The zero-order chi connectivity index (χ0) is 26.2. The molecular weight excluding hydrogens is 537 g/mol. The van der Waals surface area contributed by atoms with Crippen LogP contribution in [0.3, 0.4) is 0 Å². The molecule has 0 saturated heterocycles. The highest BCUT2D eigenvalue weighted by Crippen LogP contribution is 2.55. The highest BCUT2D eigenvalue weighted by atomic mass is 79.9. The molecule has 0 aromatic heterocycles. The molecule has 2 amide bonds. The quantitative estimate of drug-likeness (QED) is 0.131. The van der Waals surface area contributed by atoms with Crippen molar-refractivity contribution in [3.05, 3.63) is 35.4 Å². The molecule has 0 fully saturated rings. The normalized spacial score (nSPS) is 15.1. The summed E-state index contributed by atoms with van der Waals surface area (Å²) in [7, 11) is -4.44. The maximum atomic E-state index is 12.9. The number of aliphatic carboxylic acids is 2. The fraction of sp³-hybridized carbons (Fsp3) is 0.500. The van der Waals surface area contributed by atoms with Gasteiger partial charge in [0.2, 0.25) is 11.8 Å². The molecule has 12 nitrogen and oxygen atoms in total. The Bertz CT molecular complexity index is 936. The van der Waals surface area contributed by atoms with Gasteiger partial charge in [-0.3, -0.25) is 18.9 Å². The molecule has 8 N–H and O–H groups in total. The van der Waals surface area contributed by atoms with Crippen molar-refractivity contribution in [2.24, 2.45) is 11.7 Å². The zero-order valence-electron chi connectivity index (χ0n) is 18.6. The Morgan fingerprint density at radius 2 is 1.53 bits per heavy atom. The lowest BCUT2D eigenvalue weighted by Gasteiger charge is -2.23. The van der Waals surface area contributed by atoms with Crippen LogP contribution in [0, 0.1) is 5.92 Å². The number of carbonyl (C=O) groups is 4. The number of hydrogen-bond donors (Lipinski definition) is 7. The molecule has 0 saturated carbocycles. The van der Waals surface area contributed by atoms with Gasteiger partial charge in [0, 0.05) is 6.42 Å². The Morgan fingerprint density at radius 3 is 1.97 bits per heavy atom. The van der Waals surface area contributed by atoms with Gasteiger partial charge in [-0.1, -0.05) is 54.0 Å². The largest absolute Gasteiger partial charge is 0.481 e. The fourth-order valence-electron chi connectivity index (χ4n) is 2.98. The van der Waals surface area contributed by atoms with Crippen molar-refractivity contribution >= 4 is 47.3 Å². The van der Waals surface area contributed by atoms with Crippen molar-refractivity contribution in [3.8, 4) is 0 Å². The molecule has 4 atom stereocenters. The molecule has 34 heavy (non-hydrogen) atoms. The number of hydrogen-bond acceptors (Lipinski definition) is 6. The van der Waals surface area contributed by atoms with E-state index in [-0.39, 0.29) is 24.3 Å². The van der Waals surface area contributed by atoms with Gasteiger partial charge < -0.3 is 36.4 Å². The molecule has 0 spiro atoms. The molecule has 190 valence electrons. The van der Waals surface area contributed by atoms with Crippen LogP contribution in [0.15, 0.2) is 24.3 Å². The van der Waals surface area contributed by atoms with Crippen LogP contribution in [0.4, 0.5) is 0 Å². The van der Waals surface area contributed by atoms with Gasteiger partial charge >= 0.3 is 19.5 Å². The minimum absolute atomic E-state index is 0.0443. The van der Waals surface area contributed by atoms with Crippen LogP contribution in [0.5, 0.6) is 0 Å². The average molecular weight is 566 g/mol. The maximum Gasteiger partial charge on any atom is 0.343 e. The van der Waals surface area contributed by atoms with E-state index in [0.29, 0.717) is 5.56 Å². The van der Waals surface area contributed by atoms with Gasteiger partial charge in [-0.05, 0) is 23.5 Å². The zero-order valence-corrected chi connectivity index (χ0v) is 21.0. The highest BCUT2D eigenvalue weighted by molar-refractivity contribution is 9.10. The number of amides is 2. The van der Waals surface area contributed by atoms with Gasteiger partial charge in [-0.25, -0.2) is 4.79 Å². The summed E-state index contributed by atoms with van der Waals surface area (Å²) in [6.07, 6.45) is -0.645. The molecule has 0 aliphatic heterocycles. The van der Waals surface area contributed by atoms with Crippen LogP contribution < -0.4 is 16.4 Å². The summed E-state index contributed by atoms with van der Waals surface area (Å²) >= 11 is 2.93. The SMILES string of the molecule is CC(C)C[C@H](NC(=O)[C@H](Cc1ccc(C(Br)P(=O)(O)O)cc1)NC(=O)[C@@H](N)CC(=O)O)C(=O)O. The molecule has 1 unspecified atom stereocenters. The topological polar surface area (TPSA) is 216 Å². The van der Waals surface area contributed by atoms with Crippen LogP contribution in [0.1, 0.15) is 42.4 Å². The van der Waals surface area contributed by atoms with Gasteiger partial charge in [0.05, 0.1) is 12.5 Å². The van der Waals surface area contributed by atoms with E-state index in [4.69, 9.17) is 10.8 Å². The molecule has 0 aliphatic rings. The summed E-state index contributed by atoms with van der Waals surface area (Å²) in [5, 5.41) is 23.0. The number of nitrogens with one attached hydrogen (secondary N) is 2. The van der Waals surface area contributed by atoms with Crippen LogP contribution >= 0.6 is 23.5 Å². The molecule has 0 aliphatic carbocycles. The second kappa shape index (κ2) is 13.0. The lowest BCUT2D eigenvalue weighted by atomic mass is 10.0. The first-order chi connectivity index (χ1) is 15.6. The van der Waals surface area contributed by atoms with Crippen LogP contribution in [-0.2, 0) is 30.2 Å². The van der Waals surface area contributed by atoms with E-state index < -0.39 is 60.5 Å². The lowest BCUT2D eigenvalue weighted by Crippen LogP contribution is -2.55. The second-order valence-electron chi connectivity index (χ2n) is 8.17. The van der Waals surface area contributed by atoms with Crippen molar-refractivity contribution < 1.29 is 43.7 Å². The average Bonchev–Trinajstić information content (AvgIpc) is 2.71. The van der Waals surface area contributed by atoms with E-state index in [2.05, 4.69) is 26.6 Å². The van der Waals surface area contributed by atoms with E-state index >= 15 is 0 Å². The van der Waals surface area contributed by atoms with Crippen LogP contribution in [-0.4, -0.2) is 61.9 Å². The van der Waals surface area contributed by atoms with Crippen molar-refractivity contribution in [2.45, 2.75) is 55.8 Å². The summed E-state index contributed by atoms with van der Waals surface area (Å²) < 4.78 is 10.2. The Labute approximate surface area is 204 Å². The third kappa shape index (κ3) is 9.90. The van der Waals surface area contributed by atoms with Gasteiger partial charge in [0.1, 0.15) is 16.7 Å². The summed E-state index contributed by atoms with van der Waals surface area (Å²) in [4.78, 5) is 66.2. The van der Waals surface area contributed by atoms with Crippen molar-refractivity contribution in [1.82, 2.24) is 10.6 Å². The number of halogens is 1. The monoisotopic (exact) mass is 565 g/mol. The number of carboxylic acid groups (broad SMARTS) is 2. The molecule has 1 aromatic carbocycles. The lowest BCUT2D eigenvalue weighted by molar-refractivity contribution is -0.143. The molecule has 1 rings (SSSR count). The Balaban J connectivity index is 3.12. The predicted octanol–water partition coefficient (Wildman–Crippen LogP) is 0.703. The first kappa shape index (κ1) is 29.7. The second-order valence-corrected chi connectivity index (χ2v) is 11.5. The van der Waals surface area contributed by atoms with Crippen molar-refractivity contribution in [3.63, 3.8) is 0 Å². The smallest absolute Gasteiger partial charge is 0.343 e. The number of carboxylic acids is 2. The predicted molar refractivity (Wildman–Crippen MR) is 125 cm³/mol. The molecule has 0 radical (unpaired) electrons. The van der Waals surface area contributed by atoms with E-state index in [1.165, 1.54) is 24.3 Å². The van der Waals surface area contributed by atoms with Crippen molar-refractivity contribution in [2.75, 3.05) is 0 Å². The molecule has 14 heteroatoms. The first-order valence-corrected chi connectivity index (χ1v) is 12.8. The maximum absolute atomic E-state index is 12.9. The Hall–Kier alpha value is -2.31. The third-order valence-corrected chi connectivity index (χ3v) is 7.69. The number of rotatable bonds is 13. The van der Waals surface area contributed by atoms with Gasteiger partial charge in [0.15, 0.2) is 0 Å². The Kier molecular flexibility index (Phi) is 11.3. The highest BCUT2D eigenvalue weighted by Gasteiger charge is 2.30. The Morgan fingerprint density at radius 1 is 1.00 bits per heavy atom. The van der Waals surface area contributed by atoms with Crippen molar-refractivity contribution in [1.29, 1.82) is 0 Å². The fourth-order valence-corrected chi connectivity index (χ4v) is 3.84. The van der Waals surface area contributed by atoms with Crippen LogP contribution in [0.2, 0.25) is 0 Å². The third-order valence-electron chi connectivity index (χ3n) is 4.68. The summed E-state index contributed by atoms with van der Waals surface area (Å²) in [6, 6.07) is 1.92. The van der Waals surface area contributed by atoms with Gasteiger partial charge in [0.25, 0.3) is 0 Å². The number of alkyl halides is 1. The standard InChI is InChI=1S/C20H29BrN3O9P/c1-10(2)7-15(20(29)30)24-19(28)14(23-18(27)13(22)9-16(25)26)8-11-3-5-12(6-4-11)17(21)34(31,32)33/h3-6,10,13-15,17H,7-9,22H2,1-2H3,(H,23,27)(H,24,28)(H,25,26)(H,29,30)(H2,31,32,33)/t13-,14-,15-,17?/m0/s1. The van der Waals surface area contributed by atoms with E-state index in [9.17, 15) is 38.6 Å². The number of nitrogens with two attached hydrogens (primary N) is 1. The van der Waals surface area contributed by atoms with E-state index in [1.54, 1.807) is 13.8 Å². The minimum atomic E-state index is -4.44. The summed E-state index contributed by atoms with van der Waals surface area (Å²) in [5.41, 5.74) is 6.34. The molecule has 1 aromatic rings. The molecule has 0 bridgehead atoms. The van der Waals surface area contributed by atoms with E-state index in [0.717, 1.165) is 0 Å². The number of carbonyl (C=O) groups excluding carboxylic acids is 2. The summed E-state index contributed by atoms with van der Waals surface area (Å²) in [6.45, 7) is 3.56. The number of benzene rings is 1. The molecule has 0 heterocycles. The van der Waals surface area contributed by atoms with E-state index in [1.807, 2.05) is 0 Å². The summed E-state index contributed by atoms with van der Waals surface area (Å²) in [5.74, 6) is -4.31. The van der Waals surface area contributed by atoms with Gasteiger partial charge in [-0.2, -0.15) is 0 Å². The first-order valence-electron chi connectivity index (χ1n) is 10.2. The molecular formula is C20H29BrN3O9P. The minimum Gasteiger partial charge on any atom is -0.481 e.